The van der Waals surface area contributed by atoms with Gasteiger partial charge in [-0.1, -0.05) is 17.8 Å². The standard InChI is InChI=1S/C19H16N2O7S2/c1-9-11(6-7-28-9)16(22)20-21-17(23)13(30-19(21)29)8-10-4-5-12(26-2)15(27-3)14(10)18(24)25/h4-8H,1-3H3,(H,20,22)(H,24,25)/b13-8+. The van der Waals surface area contributed by atoms with E-state index in [-0.39, 0.29) is 37.4 Å². The summed E-state index contributed by atoms with van der Waals surface area (Å²) < 4.78 is 15.5. The second-order valence-corrected chi connectivity index (χ2v) is 7.59. The van der Waals surface area contributed by atoms with Gasteiger partial charge in [0.15, 0.2) is 15.8 Å². The van der Waals surface area contributed by atoms with Crippen LogP contribution in [0.25, 0.3) is 6.08 Å². The Balaban J connectivity index is 1.93. The number of methoxy groups -OCH3 is 2. The van der Waals surface area contributed by atoms with Crippen molar-refractivity contribution in [2.45, 2.75) is 6.92 Å². The van der Waals surface area contributed by atoms with Gasteiger partial charge in [-0.3, -0.25) is 15.0 Å². The number of ether oxygens (including phenoxy) is 2. The lowest BCUT2D eigenvalue weighted by molar-refractivity contribution is -0.123. The summed E-state index contributed by atoms with van der Waals surface area (Å²) in [6.07, 6.45) is 2.74. The number of carboxylic acid groups (broad SMARTS) is 1. The van der Waals surface area contributed by atoms with Gasteiger partial charge in [0.25, 0.3) is 11.8 Å². The number of thioether (sulfide) groups is 1. The second-order valence-electron chi connectivity index (χ2n) is 5.92. The number of benzene rings is 1. The SMILES string of the molecule is COc1ccc(/C=C2/SC(=S)N(NC(=O)c3ccoc3C)C2=O)c(C(=O)O)c1OC. The zero-order chi connectivity index (χ0) is 22.0. The molecule has 0 spiro atoms. The molecular formula is C19H16N2O7S2. The van der Waals surface area contributed by atoms with Crippen LogP contribution in [-0.4, -0.2) is 46.4 Å². The molecule has 0 unspecified atom stereocenters. The van der Waals surface area contributed by atoms with Crippen molar-refractivity contribution in [2.75, 3.05) is 14.2 Å². The van der Waals surface area contributed by atoms with Crippen LogP contribution in [0, 0.1) is 6.92 Å². The van der Waals surface area contributed by atoms with Gasteiger partial charge in [-0.2, -0.15) is 5.01 Å². The normalized spacial score (nSPS) is 14.9. The number of furan rings is 1. The van der Waals surface area contributed by atoms with E-state index in [1.54, 1.807) is 6.92 Å². The highest BCUT2D eigenvalue weighted by Crippen LogP contribution is 2.37. The van der Waals surface area contributed by atoms with Crippen molar-refractivity contribution in [3.63, 3.8) is 0 Å². The van der Waals surface area contributed by atoms with Crippen molar-refractivity contribution in [3.8, 4) is 11.5 Å². The summed E-state index contributed by atoms with van der Waals surface area (Å²) in [4.78, 5) is 37.1. The molecule has 2 aromatic rings. The van der Waals surface area contributed by atoms with E-state index in [0.29, 0.717) is 5.76 Å². The van der Waals surface area contributed by atoms with Crippen LogP contribution < -0.4 is 14.9 Å². The number of carbonyl (C=O) groups is 3. The Kier molecular flexibility index (Phi) is 6.13. The lowest BCUT2D eigenvalue weighted by Crippen LogP contribution is -2.44. The Morgan fingerprint density at radius 3 is 2.57 bits per heavy atom. The van der Waals surface area contributed by atoms with Crippen molar-refractivity contribution in [3.05, 3.63) is 51.8 Å². The number of aryl methyl sites for hydroxylation is 1. The largest absolute Gasteiger partial charge is 0.493 e. The number of thiocarbonyl (C=S) groups is 1. The van der Waals surface area contributed by atoms with Crippen molar-refractivity contribution in [2.24, 2.45) is 0 Å². The Hall–Kier alpha value is -3.31. The van der Waals surface area contributed by atoms with Gasteiger partial charge in [-0.25, -0.2) is 4.79 Å². The molecule has 0 aliphatic carbocycles. The summed E-state index contributed by atoms with van der Waals surface area (Å²) in [7, 11) is 2.71. The summed E-state index contributed by atoms with van der Waals surface area (Å²) in [5.74, 6) is -1.75. The monoisotopic (exact) mass is 448 g/mol. The minimum Gasteiger partial charge on any atom is -0.493 e. The van der Waals surface area contributed by atoms with Crippen LogP contribution in [0.1, 0.15) is 32.0 Å². The van der Waals surface area contributed by atoms with Crippen LogP contribution >= 0.6 is 24.0 Å². The van der Waals surface area contributed by atoms with Crippen molar-refractivity contribution in [1.29, 1.82) is 0 Å². The van der Waals surface area contributed by atoms with E-state index in [1.165, 1.54) is 44.8 Å². The van der Waals surface area contributed by atoms with Crippen LogP contribution in [0.2, 0.25) is 0 Å². The molecule has 0 radical (unpaired) electrons. The molecule has 3 rings (SSSR count). The quantitative estimate of drug-likeness (QED) is 0.508. The Morgan fingerprint density at radius 1 is 1.27 bits per heavy atom. The van der Waals surface area contributed by atoms with Crippen LogP contribution in [0.5, 0.6) is 11.5 Å². The van der Waals surface area contributed by atoms with E-state index >= 15 is 0 Å². The third-order valence-electron chi connectivity index (χ3n) is 4.19. The second kappa shape index (κ2) is 8.59. The molecule has 156 valence electrons. The molecule has 1 saturated heterocycles. The van der Waals surface area contributed by atoms with Gasteiger partial charge < -0.3 is 19.0 Å². The van der Waals surface area contributed by atoms with Crippen molar-refractivity contribution in [1.82, 2.24) is 10.4 Å². The average molecular weight is 448 g/mol. The summed E-state index contributed by atoms with van der Waals surface area (Å²) >= 11 is 6.12. The smallest absolute Gasteiger partial charge is 0.340 e. The predicted octanol–water partition coefficient (Wildman–Crippen LogP) is 2.85. The highest BCUT2D eigenvalue weighted by Gasteiger charge is 2.35. The number of nitrogens with one attached hydrogen (secondary N) is 1. The van der Waals surface area contributed by atoms with Crippen LogP contribution in [-0.2, 0) is 4.79 Å². The number of hydrogen-bond donors (Lipinski definition) is 2. The Morgan fingerprint density at radius 2 is 2.00 bits per heavy atom. The van der Waals surface area contributed by atoms with Gasteiger partial charge in [0.1, 0.15) is 11.3 Å². The van der Waals surface area contributed by atoms with Crippen molar-refractivity contribution < 1.29 is 33.4 Å². The first-order chi connectivity index (χ1) is 14.3. The van der Waals surface area contributed by atoms with E-state index in [4.69, 9.17) is 26.1 Å². The molecule has 30 heavy (non-hydrogen) atoms. The minimum absolute atomic E-state index is 0.0259. The molecule has 11 heteroatoms. The predicted molar refractivity (Wildman–Crippen MR) is 112 cm³/mol. The van der Waals surface area contributed by atoms with Crippen molar-refractivity contribution >= 4 is 52.2 Å². The number of aromatic carboxylic acids is 1. The lowest BCUT2D eigenvalue weighted by Gasteiger charge is -2.15. The number of rotatable bonds is 6. The molecule has 1 aliphatic rings. The number of hydrogen-bond acceptors (Lipinski definition) is 8. The molecule has 1 aliphatic heterocycles. The molecule has 2 heterocycles. The Bertz CT molecular complexity index is 1090. The number of carboxylic acids is 1. The lowest BCUT2D eigenvalue weighted by atomic mass is 10.0. The first-order valence-electron chi connectivity index (χ1n) is 8.39. The molecule has 0 atom stereocenters. The van der Waals surface area contributed by atoms with Gasteiger partial charge in [-0.05, 0) is 42.9 Å². The van der Waals surface area contributed by atoms with Gasteiger partial charge >= 0.3 is 5.97 Å². The zero-order valence-corrected chi connectivity index (χ0v) is 17.7. The maximum Gasteiger partial charge on any atom is 0.340 e. The molecule has 0 saturated carbocycles. The summed E-state index contributed by atoms with van der Waals surface area (Å²) in [5, 5.41) is 10.6. The molecule has 1 fully saturated rings. The fourth-order valence-electron chi connectivity index (χ4n) is 2.77. The average Bonchev–Trinajstić information content (AvgIpc) is 3.25. The van der Waals surface area contributed by atoms with E-state index < -0.39 is 17.8 Å². The fraction of sp³-hybridized carbons (Fsp3) is 0.158. The van der Waals surface area contributed by atoms with Crippen LogP contribution in [0.4, 0.5) is 0 Å². The first kappa shape index (κ1) is 21.4. The summed E-state index contributed by atoms with van der Waals surface area (Å²) in [6, 6.07) is 4.49. The van der Waals surface area contributed by atoms with Gasteiger partial charge in [0.2, 0.25) is 0 Å². The summed E-state index contributed by atoms with van der Waals surface area (Å²) in [5.41, 5.74) is 2.75. The van der Waals surface area contributed by atoms with Gasteiger partial charge in [0.05, 0.1) is 31.0 Å². The third-order valence-corrected chi connectivity index (χ3v) is 5.49. The molecule has 2 N–H and O–H groups in total. The van der Waals surface area contributed by atoms with E-state index in [2.05, 4.69) is 5.43 Å². The van der Waals surface area contributed by atoms with Crippen LogP contribution in [0.15, 0.2) is 33.8 Å². The Labute approximate surface area is 180 Å². The zero-order valence-electron chi connectivity index (χ0n) is 16.0. The molecule has 0 bridgehead atoms. The highest BCUT2D eigenvalue weighted by molar-refractivity contribution is 8.26. The molecule has 2 amide bonds. The number of amides is 2. The maximum absolute atomic E-state index is 12.8. The van der Waals surface area contributed by atoms with E-state index in [1.807, 2.05) is 0 Å². The molecule has 1 aromatic carbocycles. The van der Waals surface area contributed by atoms with Gasteiger partial charge in [0, 0.05) is 0 Å². The first-order valence-corrected chi connectivity index (χ1v) is 9.62. The number of hydrazine groups is 1. The third kappa shape index (κ3) is 3.89. The number of carbonyl (C=O) groups excluding carboxylic acids is 2. The maximum atomic E-state index is 12.8. The molecule has 1 aromatic heterocycles. The fourth-order valence-corrected chi connectivity index (χ4v) is 3.94. The minimum atomic E-state index is -1.25. The topological polar surface area (TPSA) is 118 Å². The molecular weight excluding hydrogens is 432 g/mol. The van der Waals surface area contributed by atoms with Crippen LogP contribution in [0.3, 0.4) is 0 Å². The molecule has 9 nitrogen and oxygen atoms in total. The highest BCUT2D eigenvalue weighted by atomic mass is 32.2. The summed E-state index contributed by atoms with van der Waals surface area (Å²) in [6.45, 7) is 1.61. The van der Waals surface area contributed by atoms with E-state index in [0.717, 1.165) is 16.8 Å². The number of nitrogens with zero attached hydrogens (tertiary/aromatic N) is 1. The van der Waals surface area contributed by atoms with E-state index in [9.17, 15) is 19.5 Å². The van der Waals surface area contributed by atoms with Gasteiger partial charge in [-0.15, -0.1) is 0 Å².